The molecule has 98 valence electrons. The maximum absolute atomic E-state index is 11.4. The summed E-state index contributed by atoms with van der Waals surface area (Å²) >= 11 is 0. The van der Waals surface area contributed by atoms with Crippen LogP contribution in [-0.2, 0) is 4.79 Å². The summed E-state index contributed by atoms with van der Waals surface area (Å²) in [5.41, 5.74) is 1.26. The predicted molar refractivity (Wildman–Crippen MR) is 64.3 cm³/mol. The number of anilines is 1. The van der Waals surface area contributed by atoms with Crippen LogP contribution in [0.15, 0.2) is 18.3 Å². The molecule has 1 rings (SSSR count). The van der Waals surface area contributed by atoms with Crippen LogP contribution in [0.2, 0.25) is 0 Å². The number of carbonyl (C=O) groups is 2. The van der Waals surface area contributed by atoms with Crippen LogP contribution in [0.25, 0.3) is 0 Å². The van der Waals surface area contributed by atoms with Crippen LogP contribution in [0.4, 0.5) is 10.5 Å². The van der Waals surface area contributed by atoms with E-state index >= 15 is 0 Å². The van der Waals surface area contributed by atoms with Crippen LogP contribution in [0.1, 0.15) is 12.1 Å². The first kappa shape index (κ1) is 13.9. The number of urea groups is 1. The average molecular weight is 253 g/mol. The number of hydrogen-bond acceptors (Lipinski definition) is 4. The van der Waals surface area contributed by atoms with E-state index < -0.39 is 18.1 Å². The second-order valence-electron chi connectivity index (χ2n) is 3.66. The number of nitrogens with zero attached hydrogens (tertiary/aromatic N) is 1. The van der Waals surface area contributed by atoms with Gasteiger partial charge in [0.25, 0.3) is 0 Å². The van der Waals surface area contributed by atoms with Gasteiger partial charge >= 0.3 is 12.0 Å². The number of aliphatic hydroxyl groups is 1. The number of hydrogen-bond donors (Lipinski definition) is 4. The van der Waals surface area contributed by atoms with Crippen molar-refractivity contribution in [2.24, 2.45) is 0 Å². The van der Waals surface area contributed by atoms with E-state index in [2.05, 4.69) is 15.6 Å². The number of aliphatic hydroxyl groups excluding tert-OH is 1. The zero-order valence-electron chi connectivity index (χ0n) is 9.88. The smallest absolute Gasteiger partial charge is 0.332 e. The molecule has 1 heterocycles. The van der Waals surface area contributed by atoms with Gasteiger partial charge in [0.05, 0.1) is 11.4 Å². The van der Waals surface area contributed by atoms with Crippen LogP contribution >= 0.6 is 0 Å². The van der Waals surface area contributed by atoms with Gasteiger partial charge in [-0.15, -0.1) is 0 Å². The van der Waals surface area contributed by atoms with Gasteiger partial charge in [0.2, 0.25) is 0 Å². The van der Waals surface area contributed by atoms with Gasteiger partial charge in [0.15, 0.2) is 6.10 Å². The summed E-state index contributed by atoms with van der Waals surface area (Å²) in [4.78, 5) is 25.8. The number of amides is 2. The number of carboxylic acid groups (broad SMARTS) is 1. The number of nitrogens with one attached hydrogen (secondary N) is 2. The molecular formula is C11H15N3O4. The number of aromatic nitrogens is 1. The average Bonchev–Trinajstić information content (AvgIpc) is 2.32. The lowest BCUT2D eigenvalue weighted by atomic mass is 10.2. The molecule has 2 amide bonds. The van der Waals surface area contributed by atoms with E-state index in [0.29, 0.717) is 11.4 Å². The highest BCUT2D eigenvalue weighted by atomic mass is 16.4. The van der Waals surface area contributed by atoms with Crippen molar-refractivity contribution in [3.05, 3.63) is 24.0 Å². The third-order valence-corrected chi connectivity index (χ3v) is 2.24. The van der Waals surface area contributed by atoms with Crippen molar-refractivity contribution in [2.75, 3.05) is 11.9 Å². The molecule has 1 aromatic rings. The number of pyridine rings is 1. The molecule has 4 N–H and O–H groups in total. The van der Waals surface area contributed by atoms with E-state index in [4.69, 9.17) is 10.2 Å². The molecule has 0 fully saturated rings. The molecule has 0 bridgehead atoms. The maximum atomic E-state index is 11.4. The Hall–Kier alpha value is -2.15. The molecule has 0 radical (unpaired) electrons. The number of carbonyl (C=O) groups excluding carboxylic acids is 1. The lowest BCUT2D eigenvalue weighted by Crippen LogP contribution is -2.33. The fraction of sp³-hybridized carbons (Fsp3) is 0.364. The molecule has 1 atom stereocenters. The zero-order chi connectivity index (χ0) is 13.5. The quantitative estimate of drug-likeness (QED) is 0.605. The van der Waals surface area contributed by atoms with Crippen LogP contribution in [0.3, 0.4) is 0 Å². The first-order chi connectivity index (χ1) is 8.50. The Bertz CT molecular complexity index is 436. The van der Waals surface area contributed by atoms with Gasteiger partial charge in [-0.3, -0.25) is 4.98 Å². The Morgan fingerprint density at radius 1 is 1.50 bits per heavy atom. The minimum atomic E-state index is -1.47. The first-order valence-corrected chi connectivity index (χ1v) is 5.38. The van der Waals surface area contributed by atoms with Crippen molar-refractivity contribution in [1.82, 2.24) is 10.3 Å². The Morgan fingerprint density at radius 3 is 2.83 bits per heavy atom. The molecule has 7 heteroatoms. The summed E-state index contributed by atoms with van der Waals surface area (Å²) in [6.07, 6.45) is 0.0987. The highest BCUT2D eigenvalue weighted by Crippen LogP contribution is 2.09. The molecule has 0 aliphatic heterocycles. The summed E-state index contributed by atoms with van der Waals surface area (Å²) in [6, 6.07) is 2.92. The molecule has 0 aliphatic carbocycles. The molecule has 0 aliphatic rings. The summed E-state index contributed by atoms with van der Waals surface area (Å²) in [7, 11) is 0. The van der Waals surface area contributed by atoms with E-state index in [1.165, 1.54) is 0 Å². The normalized spacial score (nSPS) is 11.7. The number of aryl methyl sites for hydroxylation is 1. The number of aliphatic carboxylic acids is 1. The van der Waals surface area contributed by atoms with Crippen LogP contribution < -0.4 is 10.6 Å². The van der Waals surface area contributed by atoms with Crippen LogP contribution in [-0.4, -0.2) is 39.8 Å². The lowest BCUT2D eigenvalue weighted by Gasteiger charge is -2.10. The van der Waals surface area contributed by atoms with Crippen molar-refractivity contribution >= 4 is 17.7 Å². The Kier molecular flexibility index (Phi) is 5.06. The van der Waals surface area contributed by atoms with Crippen molar-refractivity contribution < 1.29 is 19.8 Å². The Morgan fingerprint density at radius 2 is 2.22 bits per heavy atom. The topological polar surface area (TPSA) is 112 Å². The number of rotatable bonds is 5. The molecule has 0 saturated carbocycles. The number of carboxylic acids is 1. The molecule has 0 saturated heterocycles. The van der Waals surface area contributed by atoms with E-state index in [-0.39, 0.29) is 13.0 Å². The Balaban J connectivity index is 2.35. The van der Waals surface area contributed by atoms with E-state index in [9.17, 15) is 9.59 Å². The molecular weight excluding hydrogens is 238 g/mol. The molecule has 0 aromatic carbocycles. The monoisotopic (exact) mass is 253 g/mol. The second kappa shape index (κ2) is 6.55. The van der Waals surface area contributed by atoms with Gasteiger partial charge < -0.3 is 20.8 Å². The van der Waals surface area contributed by atoms with Crippen molar-refractivity contribution in [3.8, 4) is 0 Å². The summed E-state index contributed by atoms with van der Waals surface area (Å²) < 4.78 is 0. The summed E-state index contributed by atoms with van der Waals surface area (Å²) in [5.74, 6) is -1.31. The van der Waals surface area contributed by atoms with Gasteiger partial charge in [-0.25, -0.2) is 9.59 Å². The SMILES string of the molecule is Cc1ncccc1NC(=O)NCCC(O)C(=O)O. The lowest BCUT2D eigenvalue weighted by molar-refractivity contribution is -0.146. The molecule has 1 aromatic heterocycles. The molecule has 0 spiro atoms. The maximum Gasteiger partial charge on any atom is 0.332 e. The molecule has 18 heavy (non-hydrogen) atoms. The van der Waals surface area contributed by atoms with E-state index in [1.807, 2.05) is 0 Å². The predicted octanol–water partition coefficient (Wildman–Crippen LogP) is 0.347. The van der Waals surface area contributed by atoms with Gasteiger partial charge in [0.1, 0.15) is 0 Å². The zero-order valence-corrected chi connectivity index (χ0v) is 9.88. The first-order valence-electron chi connectivity index (χ1n) is 5.38. The largest absolute Gasteiger partial charge is 0.479 e. The van der Waals surface area contributed by atoms with Crippen molar-refractivity contribution in [3.63, 3.8) is 0 Å². The van der Waals surface area contributed by atoms with E-state index in [1.54, 1.807) is 25.3 Å². The fourth-order valence-electron chi connectivity index (χ4n) is 1.23. The third kappa shape index (κ3) is 4.38. The van der Waals surface area contributed by atoms with Gasteiger partial charge in [-0.05, 0) is 19.1 Å². The highest BCUT2D eigenvalue weighted by molar-refractivity contribution is 5.89. The minimum absolute atomic E-state index is 0.0469. The molecule has 1 unspecified atom stereocenters. The summed E-state index contributed by atoms with van der Waals surface area (Å²) in [6.45, 7) is 1.82. The Labute approximate surface area is 104 Å². The van der Waals surface area contributed by atoms with Crippen molar-refractivity contribution in [1.29, 1.82) is 0 Å². The second-order valence-corrected chi connectivity index (χ2v) is 3.66. The summed E-state index contributed by atoms with van der Waals surface area (Å²) in [5, 5.41) is 22.4. The standard InChI is InChI=1S/C11H15N3O4/c1-7-8(3-2-5-12-7)14-11(18)13-6-4-9(15)10(16)17/h2-3,5,9,15H,4,6H2,1H3,(H,16,17)(H2,13,14,18). The van der Waals surface area contributed by atoms with Crippen LogP contribution in [0, 0.1) is 6.92 Å². The van der Waals surface area contributed by atoms with Crippen LogP contribution in [0.5, 0.6) is 0 Å². The van der Waals surface area contributed by atoms with Gasteiger partial charge in [0, 0.05) is 19.2 Å². The van der Waals surface area contributed by atoms with Gasteiger partial charge in [-0.1, -0.05) is 0 Å². The minimum Gasteiger partial charge on any atom is -0.479 e. The van der Waals surface area contributed by atoms with Gasteiger partial charge in [-0.2, -0.15) is 0 Å². The van der Waals surface area contributed by atoms with E-state index in [0.717, 1.165) is 0 Å². The highest BCUT2D eigenvalue weighted by Gasteiger charge is 2.12. The molecule has 7 nitrogen and oxygen atoms in total. The fourth-order valence-corrected chi connectivity index (χ4v) is 1.23. The van der Waals surface area contributed by atoms with Crippen molar-refractivity contribution in [2.45, 2.75) is 19.4 Å². The third-order valence-electron chi connectivity index (χ3n) is 2.24.